The quantitative estimate of drug-likeness (QED) is 0.846. The Morgan fingerprint density at radius 3 is 2.50 bits per heavy atom. The van der Waals surface area contributed by atoms with E-state index in [-0.39, 0.29) is 11.9 Å². The summed E-state index contributed by atoms with van der Waals surface area (Å²) in [7, 11) is 0. The van der Waals surface area contributed by atoms with Crippen molar-refractivity contribution in [2.24, 2.45) is 0 Å². The van der Waals surface area contributed by atoms with E-state index >= 15 is 0 Å². The fourth-order valence-electron chi connectivity index (χ4n) is 1.68. The zero-order chi connectivity index (χ0) is 13.1. The van der Waals surface area contributed by atoms with Crippen LogP contribution in [0.1, 0.15) is 21.5 Å². The molecule has 18 heavy (non-hydrogen) atoms. The number of halogens is 1. The van der Waals surface area contributed by atoms with Crippen molar-refractivity contribution in [1.82, 2.24) is 9.97 Å². The summed E-state index contributed by atoms with van der Waals surface area (Å²) >= 11 is 5.72. The van der Waals surface area contributed by atoms with Gasteiger partial charge < -0.3 is 0 Å². The number of nitrogens with zero attached hydrogens (tertiary/aromatic N) is 2. The van der Waals surface area contributed by atoms with Crippen LogP contribution in [0, 0.1) is 13.8 Å². The summed E-state index contributed by atoms with van der Waals surface area (Å²) < 4.78 is 0. The van der Waals surface area contributed by atoms with Crippen molar-refractivity contribution in [3.8, 4) is 0 Å². The topological polar surface area (TPSA) is 54.9 Å². The molecule has 4 nitrogen and oxygen atoms in total. The number of carbonyl (C=O) groups is 1. The summed E-state index contributed by atoms with van der Waals surface area (Å²) in [5.74, 6) is -0.0456. The van der Waals surface area contributed by atoms with E-state index in [1.165, 1.54) is 6.20 Å². The summed E-state index contributed by atoms with van der Waals surface area (Å²) in [6.45, 7) is 3.89. The number of rotatable bonds is 2. The Hall–Kier alpha value is -1.94. The molecule has 2 rings (SSSR count). The van der Waals surface area contributed by atoms with Crippen LogP contribution < -0.4 is 5.32 Å². The first-order valence-electron chi connectivity index (χ1n) is 5.43. The number of amides is 1. The number of aromatic nitrogens is 2. The smallest absolute Gasteiger partial charge is 0.258 e. The SMILES string of the molecule is Cc1cc(C)cc(C(=O)Nc2nccc(Cl)n2)c1. The highest BCUT2D eigenvalue weighted by Gasteiger charge is 2.08. The van der Waals surface area contributed by atoms with Gasteiger partial charge in [0, 0.05) is 11.8 Å². The lowest BCUT2D eigenvalue weighted by Crippen LogP contribution is -2.14. The second-order valence-electron chi connectivity index (χ2n) is 4.03. The molecule has 0 fully saturated rings. The van der Waals surface area contributed by atoms with E-state index in [0.29, 0.717) is 10.7 Å². The Morgan fingerprint density at radius 2 is 1.89 bits per heavy atom. The molecule has 0 aliphatic carbocycles. The van der Waals surface area contributed by atoms with Gasteiger partial charge in [0.25, 0.3) is 5.91 Å². The fraction of sp³-hybridized carbons (Fsp3) is 0.154. The summed E-state index contributed by atoms with van der Waals surface area (Å²) in [5, 5.41) is 2.90. The van der Waals surface area contributed by atoms with E-state index in [1.54, 1.807) is 6.07 Å². The molecule has 0 unspecified atom stereocenters. The van der Waals surface area contributed by atoms with Crippen LogP contribution in [0.15, 0.2) is 30.5 Å². The molecular weight excluding hydrogens is 250 g/mol. The largest absolute Gasteiger partial charge is 0.290 e. The molecule has 0 spiro atoms. The Morgan fingerprint density at radius 1 is 1.22 bits per heavy atom. The first-order valence-corrected chi connectivity index (χ1v) is 5.80. The first kappa shape index (κ1) is 12.5. The Balaban J connectivity index is 2.22. The van der Waals surface area contributed by atoms with Crippen molar-refractivity contribution >= 4 is 23.5 Å². The zero-order valence-corrected chi connectivity index (χ0v) is 10.8. The van der Waals surface area contributed by atoms with Crippen molar-refractivity contribution in [3.05, 3.63) is 52.3 Å². The van der Waals surface area contributed by atoms with Crippen LogP contribution in [0.2, 0.25) is 5.15 Å². The number of nitrogens with one attached hydrogen (secondary N) is 1. The fourth-order valence-corrected chi connectivity index (χ4v) is 1.81. The first-order chi connectivity index (χ1) is 8.54. The third-order valence-electron chi connectivity index (χ3n) is 2.33. The summed E-state index contributed by atoms with van der Waals surface area (Å²) in [6, 6.07) is 7.18. The Bertz CT molecular complexity index is 578. The molecule has 2 aromatic rings. The van der Waals surface area contributed by atoms with Crippen LogP contribution >= 0.6 is 11.6 Å². The van der Waals surface area contributed by atoms with Crippen molar-refractivity contribution in [2.45, 2.75) is 13.8 Å². The molecule has 1 N–H and O–H groups in total. The average molecular weight is 262 g/mol. The standard InChI is InChI=1S/C13H12ClN3O/c1-8-5-9(2)7-10(6-8)12(18)17-13-15-4-3-11(14)16-13/h3-7H,1-2H3,(H,15,16,17,18). The Labute approximate surface area is 110 Å². The van der Waals surface area contributed by atoms with E-state index in [2.05, 4.69) is 15.3 Å². The van der Waals surface area contributed by atoms with Crippen molar-refractivity contribution in [3.63, 3.8) is 0 Å². The minimum absolute atomic E-state index is 0.201. The molecular formula is C13H12ClN3O. The molecule has 1 heterocycles. The third kappa shape index (κ3) is 3.05. The lowest BCUT2D eigenvalue weighted by atomic mass is 10.1. The van der Waals surface area contributed by atoms with Gasteiger partial charge in [0.2, 0.25) is 5.95 Å². The van der Waals surface area contributed by atoms with Gasteiger partial charge in [0.05, 0.1) is 0 Å². The molecule has 1 aromatic heterocycles. The third-order valence-corrected chi connectivity index (χ3v) is 2.54. The number of benzene rings is 1. The maximum atomic E-state index is 12.0. The predicted octanol–water partition coefficient (Wildman–Crippen LogP) is 3.00. The predicted molar refractivity (Wildman–Crippen MR) is 70.9 cm³/mol. The average Bonchev–Trinajstić information content (AvgIpc) is 2.27. The molecule has 1 amide bonds. The van der Waals surface area contributed by atoms with Gasteiger partial charge in [-0.3, -0.25) is 10.1 Å². The summed E-state index contributed by atoms with van der Waals surface area (Å²) in [4.78, 5) is 19.8. The molecule has 0 saturated heterocycles. The lowest BCUT2D eigenvalue weighted by Gasteiger charge is -2.05. The second kappa shape index (κ2) is 5.14. The maximum absolute atomic E-state index is 12.0. The molecule has 0 aliphatic heterocycles. The van der Waals surface area contributed by atoms with Crippen LogP contribution in [0.5, 0.6) is 0 Å². The van der Waals surface area contributed by atoms with Gasteiger partial charge in [-0.2, -0.15) is 0 Å². The molecule has 0 aliphatic rings. The number of aryl methyl sites for hydroxylation is 2. The number of carbonyl (C=O) groups excluding carboxylic acids is 1. The highest BCUT2D eigenvalue weighted by Crippen LogP contribution is 2.11. The van der Waals surface area contributed by atoms with Crippen LogP contribution in [0.3, 0.4) is 0 Å². The molecule has 0 atom stereocenters. The van der Waals surface area contributed by atoms with Gasteiger partial charge >= 0.3 is 0 Å². The van der Waals surface area contributed by atoms with E-state index in [4.69, 9.17) is 11.6 Å². The second-order valence-corrected chi connectivity index (χ2v) is 4.42. The molecule has 1 aromatic carbocycles. The van der Waals surface area contributed by atoms with Gasteiger partial charge in [-0.25, -0.2) is 9.97 Å². The van der Waals surface area contributed by atoms with Crippen LogP contribution in [0.25, 0.3) is 0 Å². The van der Waals surface area contributed by atoms with Gasteiger partial charge in [0.15, 0.2) is 0 Å². The number of hydrogen-bond donors (Lipinski definition) is 1. The number of anilines is 1. The van der Waals surface area contributed by atoms with Crippen LogP contribution in [0.4, 0.5) is 5.95 Å². The lowest BCUT2D eigenvalue weighted by molar-refractivity contribution is 0.102. The normalized spacial score (nSPS) is 10.2. The Kier molecular flexibility index (Phi) is 3.58. The minimum atomic E-state index is -0.246. The van der Waals surface area contributed by atoms with E-state index in [1.807, 2.05) is 32.0 Å². The van der Waals surface area contributed by atoms with Gasteiger partial charge in [-0.1, -0.05) is 28.8 Å². The molecule has 92 valence electrons. The van der Waals surface area contributed by atoms with Gasteiger partial charge in [-0.05, 0) is 32.0 Å². The zero-order valence-electron chi connectivity index (χ0n) is 10.1. The number of hydrogen-bond acceptors (Lipinski definition) is 3. The maximum Gasteiger partial charge on any atom is 0.258 e. The van der Waals surface area contributed by atoms with E-state index in [9.17, 15) is 4.79 Å². The molecule has 0 saturated carbocycles. The van der Waals surface area contributed by atoms with Crippen molar-refractivity contribution in [1.29, 1.82) is 0 Å². The highest BCUT2D eigenvalue weighted by molar-refractivity contribution is 6.29. The van der Waals surface area contributed by atoms with E-state index < -0.39 is 0 Å². The summed E-state index contributed by atoms with van der Waals surface area (Å²) in [5.41, 5.74) is 2.65. The van der Waals surface area contributed by atoms with Crippen molar-refractivity contribution < 1.29 is 4.79 Å². The van der Waals surface area contributed by atoms with Gasteiger partial charge in [-0.15, -0.1) is 0 Å². The molecule has 5 heteroatoms. The van der Waals surface area contributed by atoms with E-state index in [0.717, 1.165) is 11.1 Å². The highest BCUT2D eigenvalue weighted by atomic mass is 35.5. The molecule has 0 radical (unpaired) electrons. The van der Waals surface area contributed by atoms with Crippen LogP contribution in [-0.4, -0.2) is 15.9 Å². The minimum Gasteiger partial charge on any atom is -0.290 e. The monoisotopic (exact) mass is 261 g/mol. The van der Waals surface area contributed by atoms with Gasteiger partial charge in [0.1, 0.15) is 5.15 Å². The van der Waals surface area contributed by atoms with Crippen molar-refractivity contribution in [2.75, 3.05) is 5.32 Å². The van der Waals surface area contributed by atoms with Crippen LogP contribution in [-0.2, 0) is 0 Å². The summed E-state index contributed by atoms with van der Waals surface area (Å²) in [6.07, 6.45) is 1.49. The molecule has 0 bridgehead atoms.